The maximum atomic E-state index is 12.6. The van der Waals surface area contributed by atoms with Crippen LogP contribution in [0.25, 0.3) is 0 Å². The zero-order chi connectivity index (χ0) is 20.0. The largest absolute Gasteiger partial charge is 0.373 e. The highest BCUT2D eigenvalue weighted by molar-refractivity contribution is 6.09. The molecular formula is C20H26N4O4. The fraction of sp³-hybridized carbons (Fsp3) is 0.700. The number of nitrogens with zero attached hydrogens (tertiary/aromatic N) is 2. The van der Waals surface area contributed by atoms with Crippen molar-refractivity contribution in [3.05, 3.63) is 11.8 Å². The summed E-state index contributed by atoms with van der Waals surface area (Å²) >= 11 is 0. The minimum atomic E-state index is -0.415. The van der Waals surface area contributed by atoms with Gasteiger partial charge in [-0.15, -0.1) is 0 Å². The Labute approximate surface area is 163 Å². The van der Waals surface area contributed by atoms with Gasteiger partial charge in [-0.05, 0) is 23.7 Å². The first kappa shape index (κ1) is 17.8. The van der Waals surface area contributed by atoms with Crippen LogP contribution in [0, 0.1) is 22.7 Å². The molecule has 150 valence electrons. The van der Waals surface area contributed by atoms with Crippen LogP contribution >= 0.6 is 0 Å². The van der Waals surface area contributed by atoms with E-state index in [1.54, 1.807) is 0 Å². The summed E-state index contributed by atoms with van der Waals surface area (Å²) < 4.78 is 5.71. The van der Waals surface area contributed by atoms with Gasteiger partial charge in [-0.1, -0.05) is 27.7 Å². The zero-order valence-electron chi connectivity index (χ0n) is 16.6. The van der Waals surface area contributed by atoms with Gasteiger partial charge in [0.15, 0.2) is 5.82 Å². The van der Waals surface area contributed by atoms with E-state index in [-0.39, 0.29) is 41.4 Å². The predicted octanol–water partition coefficient (Wildman–Crippen LogP) is 1.66. The van der Waals surface area contributed by atoms with Crippen LogP contribution in [0.4, 0.5) is 5.82 Å². The molecule has 4 unspecified atom stereocenters. The summed E-state index contributed by atoms with van der Waals surface area (Å²) in [5.74, 6) is -1.02. The molecule has 4 aliphatic rings. The highest BCUT2D eigenvalue weighted by atomic mass is 16.5. The van der Waals surface area contributed by atoms with E-state index in [1.165, 1.54) is 0 Å². The highest BCUT2D eigenvalue weighted by Gasteiger charge is 2.66. The molecule has 4 atom stereocenters. The number of fused-ring (bicyclic) bond motifs is 5. The molecule has 2 N–H and O–H groups in total. The van der Waals surface area contributed by atoms with E-state index in [9.17, 15) is 14.4 Å². The lowest BCUT2D eigenvalue weighted by Gasteiger charge is -2.16. The van der Waals surface area contributed by atoms with E-state index in [2.05, 4.69) is 43.2 Å². The van der Waals surface area contributed by atoms with E-state index in [0.717, 1.165) is 23.4 Å². The van der Waals surface area contributed by atoms with Gasteiger partial charge in [0, 0.05) is 17.7 Å². The minimum Gasteiger partial charge on any atom is -0.373 e. The summed E-state index contributed by atoms with van der Waals surface area (Å²) in [5.41, 5.74) is 1.31. The average Bonchev–Trinajstić information content (AvgIpc) is 3.24. The Bertz CT molecular complexity index is 847. The fourth-order valence-corrected chi connectivity index (χ4v) is 5.78. The summed E-state index contributed by atoms with van der Waals surface area (Å²) in [5, 5.41) is 9.92. The van der Waals surface area contributed by atoms with Gasteiger partial charge in [-0.25, -0.2) is 0 Å². The van der Waals surface area contributed by atoms with Crippen molar-refractivity contribution < 1.29 is 19.1 Å². The second kappa shape index (κ2) is 5.43. The van der Waals surface area contributed by atoms with Crippen molar-refractivity contribution in [3.8, 4) is 0 Å². The number of imide groups is 1. The fourth-order valence-electron chi connectivity index (χ4n) is 5.78. The molecule has 0 radical (unpaired) electrons. The Morgan fingerprint density at radius 3 is 2.29 bits per heavy atom. The van der Waals surface area contributed by atoms with E-state index in [4.69, 9.17) is 4.74 Å². The molecule has 1 saturated carbocycles. The lowest BCUT2D eigenvalue weighted by atomic mass is 9.81. The summed E-state index contributed by atoms with van der Waals surface area (Å²) in [6.45, 7) is 8.60. The van der Waals surface area contributed by atoms with Gasteiger partial charge in [-0.3, -0.25) is 24.4 Å². The quantitative estimate of drug-likeness (QED) is 0.766. The molecule has 3 aliphatic heterocycles. The average molecular weight is 386 g/mol. The number of rotatable bonds is 4. The Morgan fingerprint density at radius 2 is 1.75 bits per heavy atom. The van der Waals surface area contributed by atoms with Crippen LogP contribution in [-0.2, 0) is 19.1 Å². The first-order chi connectivity index (χ1) is 13.1. The van der Waals surface area contributed by atoms with Gasteiger partial charge in [0.2, 0.25) is 17.7 Å². The number of hydrogen-bond acceptors (Lipinski definition) is 5. The number of nitrogens with one attached hydrogen (secondary N) is 2. The number of carbonyl (C=O) groups excluding carboxylic acids is 3. The van der Waals surface area contributed by atoms with Crippen molar-refractivity contribution in [2.45, 2.75) is 58.7 Å². The summed E-state index contributed by atoms with van der Waals surface area (Å²) in [7, 11) is 0. The number of aromatic nitrogens is 2. The molecule has 1 aliphatic carbocycles. The molecular weight excluding hydrogens is 360 g/mol. The minimum absolute atomic E-state index is 0.161. The molecule has 5 rings (SSSR count). The van der Waals surface area contributed by atoms with Crippen LogP contribution in [0.15, 0.2) is 6.07 Å². The van der Waals surface area contributed by atoms with Crippen LogP contribution in [0.1, 0.15) is 52.1 Å². The molecule has 1 aromatic heterocycles. The standard InChI is InChI=1S/C20H26N4O4/c1-19(2)16(20(19,3)4)9-7-12(23-22-9)21-13(25)8-24-17(26)14-10-5-6-11(28-10)15(14)18(24)27/h7,10-11,14-16H,5-6,8H2,1-4H3,(H2,21,22,23,25). The topological polar surface area (TPSA) is 104 Å². The van der Waals surface area contributed by atoms with Crippen molar-refractivity contribution in [2.75, 3.05) is 11.9 Å². The number of H-pyrrole nitrogens is 1. The number of amides is 3. The number of likely N-dealkylation sites (tertiary alicyclic amines) is 1. The van der Waals surface area contributed by atoms with E-state index in [0.29, 0.717) is 11.7 Å². The van der Waals surface area contributed by atoms with Gasteiger partial charge in [-0.2, -0.15) is 5.10 Å². The third kappa shape index (κ3) is 2.21. The molecule has 8 heteroatoms. The van der Waals surface area contributed by atoms with Crippen molar-refractivity contribution in [3.63, 3.8) is 0 Å². The SMILES string of the molecule is CC1(C)C(c2cc(NC(=O)CN3C(=O)C4C5CCC(O5)C4C3=O)n[nH]2)C1(C)C. The van der Waals surface area contributed by atoms with Crippen LogP contribution in [-0.4, -0.2) is 51.6 Å². The van der Waals surface area contributed by atoms with Gasteiger partial charge in [0.1, 0.15) is 6.54 Å². The molecule has 28 heavy (non-hydrogen) atoms. The highest BCUT2D eigenvalue weighted by Crippen LogP contribution is 2.73. The Hall–Kier alpha value is -2.22. The first-order valence-corrected chi connectivity index (χ1v) is 9.99. The molecule has 0 aromatic carbocycles. The number of carbonyl (C=O) groups is 3. The van der Waals surface area contributed by atoms with Gasteiger partial charge >= 0.3 is 0 Å². The van der Waals surface area contributed by atoms with E-state index in [1.807, 2.05) is 6.07 Å². The van der Waals surface area contributed by atoms with Crippen molar-refractivity contribution in [2.24, 2.45) is 22.7 Å². The molecule has 0 spiro atoms. The zero-order valence-corrected chi connectivity index (χ0v) is 16.6. The van der Waals surface area contributed by atoms with Gasteiger partial charge in [0.05, 0.1) is 24.0 Å². The van der Waals surface area contributed by atoms with Gasteiger partial charge in [0.25, 0.3) is 0 Å². The molecule has 4 heterocycles. The maximum absolute atomic E-state index is 12.6. The monoisotopic (exact) mass is 386 g/mol. The van der Waals surface area contributed by atoms with Gasteiger partial charge < -0.3 is 10.1 Å². The van der Waals surface area contributed by atoms with Crippen LogP contribution in [0.2, 0.25) is 0 Å². The second-order valence-electron chi connectivity index (χ2n) is 9.74. The Kier molecular flexibility index (Phi) is 3.46. The third-order valence-electron chi connectivity index (χ3n) is 7.87. The van der Waals surface area contributed by atoms with Crippen LogP contribution < -0.4 is 5.32 Å². The van der Waals surface area contributed by atoms with Crippen molar-refractivity contribution in [1.82, 2.24) is 15.1 Å². The smallest absolute Gasteiger partial charge is 0.245 e. The summed E-state index contributed by atoms with van der Waals surface area (Å²) in [6.07, 6.45) is 1.29. The summed E-state index contributed by atoms with van der Waals surface area (Å²) in [6, 6.07) is 1.84. The third-order valence-corrected chi connectivity index (χ3v) is 7.87. The lowest BCUT2D eigenvalue weighted by Crippen LogP contribution is -2.40. The molecule has 1 aromatic rings. The number of aromatic amines is 1. The van der Waals surface area contributed by atoms with Crippen LogP contribution in [0.3, 0.4) is 0 Å². The second-order valence-corrected chi connectivity index (χ2v) is 9.74. The Morgan fingerprint density at radius 1 is 1.18 bits per heavy atom. The number of hydrogen-bond donors (Lipinski definition) is 2. The van der Waals surface area contributed by atoms with Crippen molar-refractivity contribution in [1.29, 1.82) is 0 Å². The predicted molar refractivity (Wildman–Crippen MR) is 99.1 cm³/mol. The number of ether oxygens (including phenoxy) is 1. The summed E-state index contributed by atoms with van der Waals surface area (Å²) in [4.78, 5) is 38.8. The molecule has 8 nitrogen and oxygen atoms in total. The normalized spacial score (nSPS) is 34.8. The van der Waals surface area contributed by atoms with Crippen LogP contribution in [0.5, 0.6) is 0 Å². The first-order valence-electron chi connectivity index (χ1n) is 9.99. The molecule has 3 saturated heterocycles. The van der Waals surface area contributed by atoms with E-state index >= 15 is 0 Å². The number of anilines is 1. The lowest BCUT2D eigenvalue weighted by molar-refractivity contribution is -0.145. The van der Waals surface area contributed by atoms with Crippen molar-refractivity contribution >= 4 is 23.5 Å². The molecule has 3 amide bonds. The maximum Gasteiger partial charge on any atom is 0.245 e. The molecule has 4 fully saturated rings. The Balaban J connectivity index is 1.24. The van der Waals surface area contributed by atoms with E-state index < -0.39 is 17.7 Å². The molecule has 2 bridgehead atoms.